The summed E-state index contributed by atoms with van der Waals surface area (Å²) in [5.74, 6) is -0.0827. The number of pyridine rings is 2. The highest BCUT2D eigenvalue weighted by molar-refractivity contribution is 5.88. The Hall–Kier alpha value is -2.50. The lowest BCUT2D eigenvalue weighted by Crippen LogP contribution is -2.36. The fourth-order valence-corrected chi connectivity index (χ4v) is 2.07. The molecule has 1 fully saturated rings. The van der Waals surface area contributed by atoms with Gasteiger partial charge in [-0.15, -0.1) is 0 Å². The van der Waals surface area contributed by atoms with Crippen LogP contribution >= 0.6 is 0 Å². The molecule has 108 valence electrons. The highest BCUT2D eigenvalue weighted by atomic mass is 19.1. The molecule has 2 aromatic heterocycles. The lowest BCUT2D eigenvalue weighted by atomic mass is 10.2. The maximum absolute atomic E-state index is 12.8. The quantitative estimate of drug-likeness (QED) is 0.940. The van der Waals surface area contributed by atoms with Gasteiger partial charge in [0.2, 0.25) is 0 Å². The molecule has 2 heterocycles. The fourth-order valence-electron chi connectivity index (χ4n) is 2.07. The summed E-state index contributed by atoms with van der Waals surface area (Å²) in [5.41, 5.74) is 0.978. The molecule has 0 aliphatic heterocycles. The van der Waals surface area contributed by atoms with Gasteiger partial charge in [-0.1, -0.05) is 6.07 Å². The third kappa shape index (κ3) is 3.53. The number of halogens is 1. The van der Waals surface area contributed by atoms with Crippen molar-refractivity contribution in [2.45, 2.75) is 25.4 Å². The van der Waals surface area contributed by atoms with Crippen molar-refractivity contribution in [3.05, 3.63) is 54.2 Å². The second kappa shape index (κ2) is 5.87. The molecule has 1 aliphatic rings. The highest BCUT2D eigenvalue weighted by Crippen LogP contribution is 2.28. The maximum atomic E-state index is 12.8. The number of rotatable bonds is 4. The lowest BCUT2D eigenvalue weighted by molar-refractivity contribution is 0.206. The third-order valence-corrected chi connectivity index (χ3v) is 3.29. The van der Waals surface area contributed by atoms with Crippen molar-refractivity contribution < 1.29 is 9.18 Å². The van der Waals surface area contributed by atoms with E-state index in [2.05, 4.69) is 15.3 Å². The van der Waals surface area contributed by atoms with E-state index in [1.807, 2.05) is 12.1 Å². The highest BCUT2D eigenvalue weighted by Gasteiger charge is 2.32. The van der Waals surface area contributed by atoms with Gasteiger partial charge in [0.15, 0.2) is 0 Å². The van der Waals surface area contributed by atoms with Gasteiger partial charge in [-0.05, 0) is 36.6 Å². The SMILES string of the molecule is O=C(Nc1ccc(F)cn1)N(Cc1cccnc1)C1CC1. The van der Waals surface area contributed by atoms with E-state index in [0.717, 1.165) is 24.6 Å². The fraction of sp³-hybridized carbons (Fsp3) is 0.267. The summed E-state index contributed by atoms with van der Waals surface area (Å²) in [4.78, 5) is 22.0. The largest absolute Gasteiger partial charge is 0.323 e. The van der Waals surface area contributed by atoms with Crippen molar-refractivity contribution in [3.8, 4) is 0 Å². The van der Waals surface area contributed by atoms with Crippen LogP contribution < -0.4 is 5.32 Å². The van der Waals surface area contributed by atoms with E-state index < -0.39 is 5.82 Å². The molecule has 6 heteroatoms. The van der Waals surface area contributed by atoms with Gasteiger partial charge in [0, 0.05) is 25.0 Å². The van der Waals surface area contributed by atoms with Crippen molar-refractivity contribution in [3.63, 3.8) is 0 Å². The maximum Gasteiger partial charge on any atom is 0.323 e. The number of carbonyl (C=O) groups is 1. The molecule has 1 saturated carbocycles. The Morgan fingerprint density at radius 3 is 2.81 bits per heavy atom. The number of carbonyl (C=O) groups excluding carboxylic acids is 1. The van der Waals surface area contributed by atoms with E-state index in [-0.39, 0.29) is 12.1 Å². The summed E-state index contributed by atoms with van der Waals surface area (Å²) >= 11 is 0. The van der Waals surface area contributed by atoms with Crippen molar-refractivity contribution in [1.29, 1.82) is 0 Å². The van der Waals surface area contributed by atoms with Crippen LogP contribution in [0.2, 0.25) is 0 Å². The second-order valence-electron chi connectivity index (χ2n) is 5.01. The number of hydrogen-bond acceptors (Lipinski definition) is 3. The number of nitrogens with one attached hydrogen (secondary N) is 1. The summed E-state index contributed by atoms with van der Waals surface area (Å²) in [6.45, 7) is 0.505. The van der Waals surface area contributed by atoms with Crippen LogP contribution in [0.25, 0.3) is 0 Å². The zero-order chi connectivity index (χ0) is 14.7. The van der Waals surface area contributed by atoms with Gasteiger partial charge in [-0.3, -0.25) is 10.3 Å². The molecule has 0 unspecified atom stereocenters. The molecule has 0 bridgehead atoms. The van der Waals surface area contributed by atoms with Crippen molar-refractivity contribution in [1.82, 2.24) is 14.9 Å². The summed E-state index contributed by atoms with van der Waals surface area (Å²) in [6, 6.07) is 6.53. The van der Waals surface area contributed by atoms with Crippen LogP contribution in [0.5, 0.6) is 0 Å². The number of hydrogen-bond donors (Lipinski definition) is 1. The molecule has 3 rings (SSSR count). The van der Waals surface area contributed by atoms with Crippen molar-refractivity contribution >= 4 is 11.8 Å². The Bertz CT molecular complexity index is 613. The topological polar surface area (TPSA) is 58.1 Å². The van der Waals surface area contributed by atoms with Crippen LogP contribution in [0.4, 0.5) is 15.0 Å². The number of nitrogens with zero attached hydrogens (tertiary/aromatic N) is 3. The average molecular weight is 286 g/mol. The molecule has 0 spiro atoms. The zero-order valence-electron chi connectivity index (χ0n) is 11.4. The van der Waals surface area contributed by atoms with Crippen LogP contribution in [-0.4, -0.2) is 26.9 Å². The summed E-state index contributed by atoms with van der Waals surface area (Å²) in [6.07, 6.45) is 6.54. The second-order valence-corrected chi connectivity index (χ2v) is 5.01. The Morgan fingerprint density at radius 2 is 2.19 bits per heavy atom. The summed E-state index contributed by atoms with van der Waals surface area (Å²) in [5, 5.41) is 2.70. The van der Waals surface area contributed by atoms with Gasteiger partial charge >= 0.3 is 6.03 Å². The summed E-state index contributed by atoms with van der Waals surface area (Å²) < 4.78 is 12.8. The van der Waals surface area contributed by atoms with E-state index in [0.29, 0.717) is 12.4 Å². The number of urea groups is 1. The minimum absolute atomic E-state index is 0.222. The van der Waals surface area contributed by atoms with Crippen LogP contribution in [0, 0.1) is 5.82 Å². The Balaban J connectivity index is 1.69. The predicted molar refractivity (Wildman–Crippen MR) is 76.0 cm³/mol. The molecular formula is C15H15FN4O. The van der Waals surface area contributed by atoms with Gasteiger partial charge in [-0.2, -0.15) is 0 Å². The molecule has 0 aromatic carbocycles. The molecule has 0 atom stereocenters. The molecule has 1 aliphatic carbocycles. The predicted octanol–water partition coefficient (Wildman–Crippen LogP) is 2.81. The number of anilines is 1. The third-order valence-electron chi connectivity index (χ3n) is 3.29. The first kappa shape index (κ1) is 13.5. The standard InChI is InChI=1S/C15H15FN4O/c16-12-3-6-14(18-9-12)19-15(21)20(13-4-5-13)10-11-2-1-7-17-8-11/h1-3,6-9,13H,4-5,10H2,(H,18,19,21). The van der Waals surface area contributed by atoms with Crippen LogP contribution in [0.3, 0.4) is 0 Å². The molecule has 0 radical (unpaired) electrons. The average Bonchev–Trinajstić information content (AvgIpc) is 3.33. The van der Waals surface area contributed by atoms with E-state index in [9.17, 15) is 9.18 Å². The molecule has 2 amide bonds. The van der Waals surface area contributed by atoms with E-state index in [1.54, 1.807) is 17.3 Å². The van der Waals surface area contributed by atoms with Crippen molar-refractivity contribution in [2.75, 3.05) is 5.32 Å². The Kier molecular flexibility index (Phi) is 3.77. The zero-order valence-corrected chi connectivity index (χ0v) is 11.4. The summed E-state index contributed by atoms with van der Waals surface area (Å²) in [7, 11) is 0. The van der Waals surface area contributed by atoms with Crippen molar-refractivity contribution in [2.24, 2.45) is 0 Å². The molecular weight excluding hydrogens is 271 g/mol. The molecule has 0 saturated heterocycles. The lowest BCUT2D eigenvalue weighted by Gasteiger charge is -2.22. The first-order valence-electron chi connectivity index (χ1n) is 6.80. The van der Waals surface area contributed by atoms with Crippen LogP contribution in [0.1, 0.15) is 18.4 Å². The minimum Gasteiger partial charge on any atom is -0.317 e. The van der Waals surface area contributed by atoms with Gasteiger partial charge in [-0.25, -0.2) is 14.2 Å². The first-order valence-corrected chi connectivity index (χ1v) is 6.80. The van der Waals surface area contributed by atoms with E-state index >= 15 is 0 Å². The van der Waals surface area contributed by atoms with Gasteiger partial charge in [0.25, 0.3) is 0 Å². The number of aromatic nitrogens is 2. The Labute approximate surface area is 121 Å². The Morgan fingerprint density at radius 1 is 1.33 bits per heavy atom. The molecule has 21 heavy (non-hydrogen) atoms. The number of amides is 2. The smallest absolute Gasteiger partial charge is 0.317 e. The monoisotopic (exact) mass is 286 g/mol. The first-order chi connectivity index (χ1) is 10.2. The normalized spacial score (nSPS) is 13.8. The van der Waals surface area contributed by atoms with Crippen LogP contribution in [-0.2, 0) is 6.54 Å². The molecule has 5 nitrogen and oxygen atoms in total. The minimum atomic E-state index is -0.428. The molecule has 1 N–H and O–H groups in total. The van der Waals surface area contributed by atoms with E-state index in [4.69, 9.17) is 0 Å². The molecule has 2 aromatic rings. The van der Waals surface area contributed by atoms with Gasteiger partial charge in [0.1, 0.15) is 11.6 Å². The van der Waals surface area contributed by atoms with Gasteiger partial charge < -0.3 is 4.90 Å². The van der Waals surface area contributed by atoms with E-state index in [1.165, 1.54) is 12.1 Å². The van der Waals surface area contributed by atoms with Crippen LogP contribution in [0.15, 0.2) is 42.9 Å². The van der Waals surface area contributed by atoms with Gasteiger partial charge in [0.05, 0.1) is 6.20 Å².